The van der Waals surface area contributed by atoms with Crippen LogP contribution in [-0.2, 0) is 14.6 Å². The van der Waals surface area contributed by atoms with Crippen LogP contribution in [-0.4, -0.2) is 51.1 Å². The van der Waals surface area contributed by atoms with Gasteiger partial charge in [-0.2, -0.15) is 5.26 Å². The first-order valence-corrected chi connectivity index (χ1v) is 13.3. The molecule has 1 N–H and O–H groups in total. The summed E-state index contributed by atoms with van der Waals surface area (Å²) in [5, 5.41) is 18.9. The summed E-state index contributed by atoms with van der Waals surface area (Å²) in [4.78, 5) is 12.5. The Morgan fingerprint density at radius 3 is 2.42 bits per heavy atom. The first kappa shape index (κ1) is 26.7. The first-order chi connectivity index (χ1) is 17.1. The third kappa shape index (κ3) is 6.80. The number of aryl methyl sites for hydroxylation is 2. The summed E-state index contributed by atoms with van der Waals surface area (Å²) in [5.41, 5.74) is 2.39. The molecule has 0 aliphatic heterocycles. The molecule has 0 saturated heterocycles. The third-order valence-corrected chi connectivity index (χ3v) is 7.31. The molecule has 1 amide bonds. The topological polar surface area (TPSA) is 140 Å². The highest BCUT2D eigenvalue weighted by Gasteiger charge is 2.18. The molecule has 0 fully saturated rings. The number of rotatable bonds is 10. The lowest BCUT2D eigenvalue weighted by molar-refractivity contribution is -0.112. The predicted molar refractivity (Wildman–Crippen MR) is 135 cm³/mol. The van der Waals surface area contributed by atoms with Crippen molar-refractivity contribution < 1.29 is 27.4 Å². The van der Waals surface area contributed by atoms with Crippen molar-refractivity contribution in [2.45, 2.75) is 18.2 Å². The average molecular weight is 529 g/mol. The van der Waals surface area contributed by atoms with Gasteiger partial charge in [0.2, 0.25) is 19.3 Å². The Morgan fingerprint density at radius 2 is 1.81 bits per heavy atom. The van der Waals surface area contributed by atoms with Crippen molar-refractivity contribution in [1.82, 2.24) is 10.2 Å². The Bertz CT molecular complexity index is 1420. The highest BCUT2D eigenvalue weighted by atomic mass is 32.2. The number of benzene rings is 2. The van der Waals surface area contributed by atoms with Crippen molar-refractivity contribution >= 4 is 38.3 Å². The van der Waals surface area contributed by atoms with Crippen LogP contribution in [0.15, 0.2) is 46.3 Å². The van der Waals surface area contributed by atoms with Crippen LogP contribution in [0.25, 0.3) is 6.08 Å². The quantitative estimate of drug-likeness (QED) is 0.181. The van der Waals surface area contributed by atoms with Gasteiger partial charge in [-0.15, -0.1) is 10.2 Å². The molecule has 2 aromatic carbocycles. The molecule has 0 saturated carbocycles. The van der Waals surface area contributed by atoms with Gasteiger partial charge < -0.3 is 14.2 Å². The number of aromatic nitrogens is 2. The lowest BCUT2D eigenvalue weighted by atomic mass is 10.1. The van der Waals surface area contributed by atoms with Gasteiger partial charge in [0.25, 0.3) is 5.91 Å². The molecule has 0 bridgehead atoms. The minimum absolute atomic E-state index is 0.0361. The Kier molecular flexibility index (Phi) is 8.63. The largest absolute Gasteiger partial charge is 0.493 e. The van der Waals surface area contributed by atoms with Crippen LogP contribution in [0.3, 0.4) is 0 Å². The van der Waals surface area contributed by atoms with Crippen molar-refractivity contribution in [3.8, 4) is 23.3 Å². The number of hydrogen-bond acceptors (Lipinski definition) is 10. The second-order valence-electron chi connectivity index (χ2n) is 7.60. The second-order valence-corrected chi connectivity index (χ2v) is 10.8. The van der Waals surface area contributed by atoms with Crippen LogP contribution in [0.5, 0.6) is 17.2 Å². The zero-order valence-electron chi connectivity index (χ0n) is 20.1. The smallest absolute Gasteiger partial charge is 0.268 e. The third-order valence-electron chi connectivity index (χ3n) is 4.80. The number of carbonyl (C=O) groups is 1. The first-order valence-electron chi connectivity index (χ1n) is 10.6. The van der Waals surface area contributed by atoms with E-state index in [1.807, 2.05) is 38.1 Å². The van der Waals surface area contributed by atoms with Crippen LogP contribution < -0.4 is 19.5 Å². The van der Waals surface area contributed by atoms with E-state index in [-0.39, 0.29) is 21.7 Å². The fourth-order valence-corrected chi connectivity index (χ4v) is 4.61. The summed E-state index contributed by atoms with van der Waals surface area (Å²) in [6.45, 7) is 4.58. The number of carbonyl (C=O) groups excluding carboxylic acids is 1. The Labute approximate surface area is 213 Å². The van der Waals surface area contributed by atoms with Crippen molar-refractivity contribution in [1.29, 1.82) is 5.26 Å². The van der Waals surface area contributed by atoms with E-state index >= 15 is 0 Å². The van der Waals surface area contributed by atoms with Gasteiger partial charge in [-0.05, 0) is 48.7 Å². The molecular formula is C24H24N4O6S2. The molecule has 3 rings (SSSR count). The average Bonchev–Trinajstić information content (AvgIpc) is 3.31. The summed E-state index contributed by atoms with van der Waals surface area (Å²) in [6.07, 6.45) is 2.35. The number of nitriles is 1. The number of amides is 1. The van der Waals surface area contributed by atoms with Gasteiger partial charge in [0.1, 0.15) is 30.6 Å². The monoisotopic (exact) mass is 528 g/mol. The molecule has 10 nitrogen and oxygen atoms in total. The maximum Gasteiger partial charge on any atom is 0.268 e. The van der Waals surface area contributed by atoms with E-state index in [1.165, 1.54) is 13.2 Å². The standard InChI is InChI=1S/C24H24N4O6S2/c1-15-6-5-7-16(2)21(15)34-11-10-33-19-9-8-17(13-20(19)32-3)12-18(14-25)22(29)26-23-27-28-24(35-23)36(4,30)31/h5-9,12-13H,10-11H2,1-4H3,(H,26,27,29)/b18-12-. The maximum atomic E-state index is 12.5. The molecule has 0 atom stereocenters. The van der Waals surface area contributed by atoms with Gasteiger partial charge in [-0.1, -0.05) is 35.6 Å². The molecule has 0 spiro atoms. The Hall–Kier alpha value is -3.95. The van der Waals surface area contributed by atoms with Crippen molar-refractivity contribution in [2.24, 2.45) is 0 Å². The Morgan fingerprint density at radius 1 is 1.11 bits per heavy atom. The van der Waals surface area contributed by atoms with E-state index in [1.54, 1.807) is 18.2 Å². The number of para-hydroxylation sites is 1. The van der Waals surface area contributed by atoms with Gasteiger partial charge in [0.05, 0.1) is 7.11 Å². The molecule has 0 radical (unpaired) electrons. The fraction of sp³-hybridized carbons (Fsp3) is 0.250. The molecule has 1 heterocycles. The zero-order valence-corrected chi connectivity index (χ0v) is 21.7. The van der Waals surface area contributed by atoms with Gasteiger partial charge in [0.15, 0.2) is 11.5 Å². The second kappa shape index (κ2) is 11.7. The van der Waals surface area contributed by atoms with Crippen molar-refractivity contribution in [3.63, 3.8) is 0 Å². The number of ether oxygens (including phenoxy) is 3. The molecular weight excluding hydrogens is 504 g/mol. The summed E-state index contributed by atoms with van der Waals surface area (Å²) in [5.74, 6) is 0.967. The van der Waals surface area contributed by atoms with Crippen LogP contribution in [0, 0.1) is 25.2 Å². The lowest BCUT2D eigenvalue weighted by Gasteiger charge is -2.14. The van der Waals surface area contributed by atoms with Crippen LogP contribution in [0.2, 0.25) is 0 Å². The molecule has 3 aromatic rings. The van der Waals surface area contributed by atoms with E-state index in [0.29, 0.717) is 35.0 Å². The number of nitrogens with zero attached hydrogens (tertiary/aromatic N) is 3. The number of hydrogen-bond donors (Lipinski definition) is 1. The molecule has 188 valence electrons. The van der Waals surface area contributed by atoms with Crippen LogP contribution >= 0.6 is 11.3 Å². The van der Waals surface area contributed by atoms with Gasteiger partial charge in [0, 0.05) is 6.26 Å². The maximum absolute atomic E-state index is 12.5. The summed E-state index contributed by atoms with van der Waals surface area (Å²) in [7, 11) is -2.07. The van der Waals surface area contributed by atoms with E-state index in [4.69, 9.17) is 14.2 Å². The van der Waals surface area contributed by atoms with Crippen LogP contribution in [0.1, 0.15) is 16.7 Å². The molecule has 1 aromatic heterocycles. The molecule has 0 unspecified atom stereocenters. The van der Waals surface area contributed by atoms with E-state index in [9.17, 15) is 18.5 Å². The zero-order chi connectivity index (χ0) is 26.3. The van der Waals surface area contributed by atoms with Gasteiger partial charge in [-0.25, -0.2) is 8.42 Å². The summed E-state index contributed by atoms with van der Waals surface area (Å²) in [6, 6.07) is 12.7. The lowest BCUT2D eigenvalue weighted by Crippen LogP contribution is -2.13. The molecule has 0 aliphatic rings. The minimum atomic E-state index is -3.55. The number of nitrogens with one attached hydrogen (secondary N) is 1. The Balaban J connectivity index is 1.66. The number of sulfone groups is 1. The molecule has 12 heteroatoms. The van der Waals surface area contributed by atoms with Gasteiger partial charge in [-0.3, -0.25) is 10.1 Å². The SMILES string of the molecule is COc1cc(/C=C(/C#N)C(=O)Nc2nnc(S(C)(=O)=O)s2)ccc1OCCOc1c(C)cccc1C. The fourth-order valence-electron chi connectivity index (χ4n) is 3.11. The summed E-state index contributed by atoms with van der Waals surface area (Å²) >= 11 is 0.694. The van der Waals surface area contributed by atoms with E-state index < -0.39 is 15.7 Å². The van der Waals surface area contributed by atoms with Crippen LogP contribution in [0.4, 0.5) is 5.13 Å². The number of anilines is 1. The number of methoxy groups -OCH3 is 1. The van der Waals surface area contributed by atoms with E-state index in [0.717, 1.165) is 23.1 Å². The van der Waals surface area contributed by atoms with Crippen molar-refractivity contribution in [3.05, 3.63) is 58.7 Å². The van der Waals surface area contributed by atoms with Gasteiger partial charge >= 0.3 is 0 Å². The van der Waals surface area contributed by atoms with E-state index in [2.05, 4.69) is 15.5 Å². The molecule has 36 heavy (non-hydrogen) atoms. The summed E-state index contributed by atoms with van der Waals surface area (Å²) < 4.78 is 39.9. The van der Waals surface area contributed by atoms with Crippen molar-refractivity contribution in [2.75, 3.05) is 31.9 Å². The molecule has 0 aliphatic carbocycles. The highest BCUT2D eigenvalue weighted by Crippen LogP contribution is 2.29. The minimum Gasteiger partial charge on any atom is -0.493 e. The normalized spacial score (nSPS) is 11.5. The highest BCUT2D eigenvalue weighted by molar-refractivity contribution is 7.92. The predicted octanol–water partition coefficient (Wildman–Crippen LogP) is 3.57.